The Bertz CT molecular complexity index is 1170. The Morgan fingerprint density at radius 3 is 2.19 bits per heavy atom. The van der Waals surface area contributed by atoms with Gasteiger partial charge in [0, 0.05) is 11.3 Å². The highest BCUT2D eigenvalue weighted by atomic mass is 32.2. The number of hydrazone groups is 1. The molecule has 0 fully saturated rings. The SMILES string of the molecule is CC(=NNC(=O)CSc1nnc(-c2ccccc2)n1-c1ccccc1)c1ccccc1. The second-order valence-corrected chi connectivity index (χ2v) is 7.67. The van der Waals surface area contributed by atoms with E-state index in [1.807, 2.05) is 102 Å². The molecule has 1 N–H and O–H groups in total. The van der Waals surface area contributed by atoms with Crippen molar-refractivity contribution in [3.8, 4) is 17.1 Å². The number of thioether (sulfide) groups is 1. The van der Waals surface area contributed by atoms with Crippen molar-refractivity contribution in [2.75, 3.05) is 5.75 Å². The van der Waals surface area contributed by atoms with Crippen molar-refractivity contribution in [2.45, 2.75) is 12.1 Å². The van der Waals surface area contributed by atoms with Crippen LogP contribution in [0.4, 0.5) is 0 Å². The molecule has 7 heteroatoms. The number of hydrogen-bond donors (Lipinski definition) is 1. The summed E-state index contributed by atoms with van der Waals surface area (Å²) in [5.41, 5.74) is 6.23. The molecule has 0 saturated heterocycles. The second-order valence-electron chi connectivity index (χ2n) is 6.73. The fourth-order valence-electron chi connectivity index (χ4n) is 3.00. The molecule has 0 aliphatic heterocycles. The maximum absolute atomic E-state index is 12.4. The van der Waals surface area contributed by atoms with Gasteiger partial charge in [-0.2, -0.15) is 5.10 Å². The molecular weight excluding hydrogens is 406 g/mol. The fourth-order valence-corrected chi connectivity index (χ4v) is 3.74. The molecule has 0 radical (unpaired) electrons. The lowest BCUT2D eigenvalue weighted by Gasteiger charge is -2.10. The van der Waals surface area contributed by atoms with E-state index in [9.17, 15) is 4.79 Å². The Morgan fingerprint density at radius 1 is 0.903 bits per heavy atom. The minimum atomic E-state index is -0.204. The number of carbonyl (C=O) groups is 1. The molecule has 1 amide bonds. The summed E-state index contributed by atoms with van der Waals surface area (Å²) < 4.78 is 1.96. The van der Waals surface area contributed by atoms with Crippen LogP contribution in [-0.2, 0) is 4.79 Å². The van der Waals surface area contributed by atoms with E-state index in [2.05, 4.69) is 20.7 Å². The van der Waals surface area contributed by atoms with Crippen molar-refractivity contribution in [2.24, 2.45) is 5.10 Å². The number of para-hydroxylation sites is 1. The number of amides is 1. The molecule has 0 bridgehead atoms. The zero-order chi connectivity index (χ0) is 21.5. The number of benzene rings is 3. The normalized spacial score (nSPS) is 11.3. The van der Waals surface area contributed by atoms with Crippen molar-refractivity contribution in [1.82, 2.24) is 20.2 Å². The number of hydrogen-bond acceptors (Lipinski definition) is 5. The topological polar surface area (TPSA) is 72.2 Å². The van der Waals surface area contributed by atoms with Gasteiger partial charge in [-0.3, -0.25) is 9.36 Å². The molecule has 3 aromatic carbocycles. The van der Waals surface area contributed by atoms with Gasteiger partial charge in [0.2, 0.25) is 0 Å². The maximum atomic E-state index is 12.4. The smallest absolute Gasteiger partial charge is 0.250 e. The first-order chi connectivity index (χ1) is 15.2. The average molecular weight is 428 g/mol. The maximum Gasteiger partial charge on any atom is 0.250 e. The van der Waals surface area contributed by atoms with Gasteiger partial charge in [0.25, 0.3) is 5.91 Å². The van der Waals surface area contributed by atoms with Crippen LogP contribution in [0.15, 0.2) is 101 Å². The number of aromatic nitrogens is 3. The lowest BCUT2D eigenvalue weighted by atomic mass is 10.1. The van der Waals surface area contributed by atoms with E-state index >= 15 is 0 Å². The van der Waals surface area contributed by atoms with Gasteiger partial charge in [0.1, 0.15) is 0 Å². The van der Waals surface area contributed by atoms with Crippen LogP contribution in [0.2, 0.25) is 0 Å². The van der Waals surface area contributed by atoms with Crippen LogP contribution in [0.1, 0.15) is 12.5 Å². The molecule has 1 aromatic heterocycles. The molecule has 154 valence electrons. The molecule has 0 aliphatic carbocycles. The van der Waals surface area contributed by atoms with Crippen LogP contribution in [-0.4, -0.2) is 32.1 Å². The predicted molar refractivity (Wildman–Crippen MR) is 124 cm³/mol. The Morgan fingerprint density at radius 2 is 1.52 bits per heavy atom. The first-order valence-electron chi connectivity index (χ1n) is 9.80. The lowest BCUT2D eigenvalue weighted by Crippen LogP contribution is -2.21. The van der Waals surface area contributed by atoms with E-state index in [1.165, 1.54) is 11.8 Å². The van der Waals surface area contributed by atoms with Crippen LogP contribution < -0.4 is 5.43 Å². The van der Waals surface area contributed by atoms with E-state index in [-0.39, 0.29) is 11.7 Å². The molecule has 1 heterocycles. The van der Waals surface area contributed by atoms with E-state index in [4.69, 9.17) is 0 Å². The van der Waals surface area contributed by atoms with Crippen LogP contribution in [0.3, 0.4) is 0 Å². The highest BCUT2D eigenvalue weighted by molar-refractivity contribution is 7.99. The Kier molecular flexibility index (Phi) is 6.54. The average Bonchev–Trinajstić information content (AvgIpc) is 3.27. The third-order valence-corrected chi connectivity index (χ3v) is 5.48. The van der Waals surface area contributed by atoms with Crippen LogP contribution >= 0.6 is 11.8 Å². The van der Waals surface area contributed by atoms with Gasteiger partial charge in [-0.05, 0) is 24.6 Å². The summed E-state index contributed by atoms with van der Waals surface area (Å²) in [6.07, 6.45) is 0. The third-order valence-electron chi connectivity index (χ3n) is 4.55. The highest BCUT2D eigenvalue weighted by Gasteiger charge is 2.17. The molecule has 31 heavy (non-hydrogen) atoms. The van der Waals surface area contributed by atoms with Gasteiger partial charge in [0.15, 0.2) is 11.0 Å². The van der Waals surface area contributed by atoms with Crippen molar-refractivity contribution >= 4 is 23.4 Å². The molecular formula is C24H21N5OS. The van der Waals surface area contributed by atoms with Gasteiger partial charge in [-0.1, -0.05) is 90.6 Å². The summed E-state index contributed by atoms with van der Waals surface area (Å²) in [7, 11) is 0. The zero-order valence-corrected chi connectivity index (χ0v) is 17.8. The van der Waals surface area contributed by atoms with E-state index in [0.717, 1.165) is 28.4 Å². The van der Waals surface area contributed by atoms with Crippen LogP contribution in [0, 0.1) is 0 Å². The van der Waals surface area contributed by atoms with Gasteiger partial charge >= 0.3 is 0 Å². The summed E-state index contributed by atoms with van der Waals surface area (Å²) in [6.45, 7) is 1.86. The van der Waals surface area contributed by atoms with Gasteiger partial charge in [-0.15, -0.1) is 10.2 Å². The summed E-state index contributed by atoms with van der Waals surface area (Å²) in [5, 5.41) is 13.6. The van der Waals surface area contributed by atoms with Crippen molar-refractivity contribution < 1.29 is 4.79 Å². The molecule has 0 spiro atoms. The molecule has 0 unspecified atom stereocenters. The summed E-state index contributed by atoms with van der Waals surface area (Å²) in [4.78, 5) is 12.4. The third kappa shape index (κ3) is 5.07. The first kappa shape index (κ1) is 20.6. The summed E-state index contributed by atoms with van der Waals surface area (Å²) >= 11 is 1.32. The van der Waals surface area contributed by atoms with Gasteiger partial charge in [0.05, 0.1) is 11.5 Å². The Labute approximate surface area is 185 Å². The number of nitrogens with one attached hydrogen (secondary N) is 1. The summed E-state index contributed by atoms with van der Waals surface area (Å²) in [6, 6.07) is 29.5. The summed E-state index contributed by atoms with van der Waals surface area (Å²) in [5.74, 6) is 0.697. The number of carbonyl (C=O) groups excluding carboxylic acids is 1. The van der Waals surface area contributed by atoms with Gasteiger partial charge < -0.3 is 0 Å². The first-order valence-corrected chi connectivity index (χ1v) is 10.8. The molecule has 6 nitrogen and oxygen atoms in total. The van der Waals surface area contributed by atoms with E-state index in [1.54, 1.807) is 0 Å². The van der Waals surface area contributed by atoms with Crippen molar-refractivity contribution in [3.63, 3.8) is 0 Å². The van der Waals surface area contributed by atoms with Crippen molar-refractivity contribution in [3.05, 3.63) is 96.6 Å². The van der Waals surface area contributed by atoms with Crippen LogP contribution in [0.25, 0.3) is 17.1 Å². The van der Waals surface area contributed by atoms with E-state index in [0.29, 0.717) is 5.16 Å². The highest BCUT2D eigenvalue weighted by Crippen LogP contribution is 2.27. The zero-order valence-electron chi connectivity index (χ0n) is 17.0. The standard InChI is InChI=1S/C24H21N5OS/c1-18(19-11-5-2-6-12-19)25-26-22(30)17-31-24-28-27-23(20-13-7-3-8-14-20)29(24)21-15-9-4-10-16-21/h2-16H,17H2,1H3,(H,26,30). The number of rotatable bonds is 7. The quantitative estimate of drug-likeness (QED) is 0.266. The predicted octanol–water partition coefficient (Wildman–Crippen LogP) is 4.57. The lowest BCUT2D eigenvalue weighted by molar-refractivity contribution is -0.118. The van der Waals surface area contributed by atoms with Gasteiger partial charge in [-0.25, -0.2) is 5.43 Å². The second kappa shape index (κ2) is 9.86. The number of nitrogens with zero attached hydrogens (tertiary/aromatic N) is 4. The molecule has 0 aliphatic rings. The van der Waals surface area contributed by atoms with Crippen molar-refractivity contribution in [1.29, 1.82) is 0 Å². The van der Waals surface area contributed by atoms with E-state index < -0.39 is 0 Å². The molecule has 0 atom stereocenters. The molecule has 4 aromatic rings. The fraction of sp³-hybridized carbons (Fsp3) is 0.0833. The monoisotopic (exact) mass is 427 g/mol. The van der Waals surface area contributed by atoms with Crippen LogP contribution in [0.5, 0.6) is 0 Å². The largest absolute Gasteiger partial charge is 0.272 e. The minimum absolute atomic E-state index is 0.172. The minimum Gasteiger partial charge on any atom is -0.272 e. The molecule has 4 rings (SSSR count). The molecule has 0 saturated carbocycles. The Balaban J connectivity index is 1.51. The Hall–Kier alpha value is -3.71.